The SMILES string of the molecule is CCCCC1=NC2(CCCC2)C(=O)N1Cc1ccc(-c2ccccc2-c2nnn(C(=O)OC(C)(C)C)n2)cc1. The molecule has 2 aliphatic rings. The van der Waals surface area contributed by atoms with Gasteiger partial charge >= 0.3 is 6.09 Å². The number of carbonyl (C=O) groups is 2. The highest BCUT2D eigenvalue weighted by Crippen LogP contribution is 2.40. The quantitative estimate of drug-likeness (QED) is 0.371. The molecule has 2 aromatic carbocycles. The second-order valence-electron chi connectivity index (χ2n) is 11.4. The molecule has 1 amide bonds. The first-order valence-corrected chi connectivity index (χ1v) is 13.8. The van der Waals surface area contributed by atoms with Crippen LogP contribution in [0.3, 0.4) is 0 Å². The van der Waals surface area contributed by atoms with Gasteiger partial charge in [0.2, 0.25) is 5.82 Å². The molecule has 0 N–H and O–H groups in total. The zero-order valence-electron chi connectivity index (χ0n) is 23.2. The van der Waals surface area contributed by atoms with Crippen molar-refractivity contribution in [1.29, 1.82) is 0 Å². The number of carbonyl (C=O) groups excluding carboxylic acids is 2. The molecular weight excluding hydrogens is 492 g/mol. The predicted molar refractivity (Wildman–Crippen MR) is 149 cm³/mol. The first kappa shape index (κ1) is 26.7. The molecule has 3 aromatic rings. The molecule has 9 nitrogen and oxygen atoms in total. The average Bonchev–Trinajstić information content (AvgIpc) is 3.65. The van der Waals surface area contributed by atoms with Crippen LogP contribution in [0, 0.1) is 0 Å². The van der Waals surface area contributed by atoms with Crippen LogP contribution < -0.4 is 0 Å². The molecule has 5 rings (SSSR count). The first-order chi connectivity index (χ1) is 18.7. The number of hydrogen-bond acceptors (Lipinski definition) is 7. The van der Waals surface area contributed by atoms with E-state index in [1.54, 1.807) is 20.8 Å². The zero-order chi connectivity index (χ0) is 27.6. The maximum Gasteiger partial charge on any atom is 0.454 e. The summed E-state index contributed by atoms with van der Waals surface area (Å²) in [5.74, 6) is 1.44. The molecule has 1 aromatic heterocycles. The van der Waals surface area contributed by atoms with Crippen molar-refractivity contribution in [3.8, 4) is 22.5 Å². The summed E-state index contributed by atoms with van der Waals surface area (Å²) in [6.07, 6.45) is 6.12. The van der Waals surface area contributed by atoms with E-state index in [1.807, 2.05) is 41.3 Å². The normalized spacial score (nSPS) is 16.7. The molecule has 1 aliphatic heterocycles. The molecule has 1 spiro atoms. The first-order valence-electron chi connectivity index (χ1n) is 13.8. The van der Waals surface area contributed by atoms with E-state index in [2.05, 4.69) is 34.5 Å². The summed E-state index contributed by atoms with van der Waals surface area (Å²) in [5.41, 5.74) is 2.52. The van der Waals surface area contributed by atoms with Crippen molar-refractivity contribution in [1.82, 2.24) is 25.1 Å². The third-order valence-corrected chi connectivity index (χ3v) is 7.23. The molecule has 9 heteroatoms. The monoisotopic (exact) mass is 528 g/mol. The highest BCUT2D eigenvalue weighted by molar-refractivity contribution is 6.08. The summed E-state index contributed by atoms with van der Waals surface area (Å²) in [7, 11) is 0. The Morgan fingerprint density at radius 2 is 1.72 bits per heavy atom. The van der Waals surface area contributed by atoms with Gasteiger partial charge in [-0.15, -0.1) is 10.2 Å². The highest BCUT2D eigenvalue weighted by atomic mass is 16.6. The smallest absolute Gasteiger partial charge is 0.441 e. The Balaban J connectivity index is 1.36. The van der Waals surface area contributed by atoms with Gasteiger partial charge in [-0.25, -0.2) is 4.79 Å². The molecular formula is C30H36N6O3. The minimum Gasteiger partial charge on any atom is -0.441 e. The van der Waals surface area contributed by atoms with Gasteiger partial charge in [-0.2, -0.15) is 0 Å². The predicted octanol–water partition coefficient (Wildman–Crippen LogP) is 6.03. The molecule has 0 radical (unpaired) electrons. The van der Waals surface area contributed by atoms with Crippen LogP contribution >= 0.6 is 0 Å². The Hall–Kier alpha value is -3.88. The molecule has 0 atom stereocenters. The standard InChI is InChI=1S/C30H36N6O3/c1-5-6-13-25-31-30(18-9-10-19-30)27(37)35(25)20-21-14-16-22(17-15-21)23-11-7-8-12-24(23)26-32-34-36(33-26)28(38)39-29(2,3)4/h7-8,11-12,14-17H,5-6,9-10,13,18-20H2,1-4H3. The molecule has 2 heterocycles. The minimum absolute atomic E-state index is 0.166. The molecule has 39 heavy (non-hydrogen) atoms. The summed E-state index contributed by atoms with van der Waals surface area (Å²) >= 11 is 0. The minimum atomic E-state index is -0.680. The number of hydrogen-bond donors (Lipinski definition) is 0. The fraction of sp³-hybridized carbons (Fsp3) is 0.467. The number of benzene rings is 2. The number of amidine groups is 1. The number of unbranched alkanes of at least 4 members (excludes halogenated alkanes) is 1. The van der Waals surface area contributed by atoms with E-state index in [1.165, 1.54) is 0 Å². The van der Waals surface area contributed by atoms with Crippen LogP contribution in [0.2, 0.25) is 0 Å². The lowest BCUT2D eigenvalue weighted by molar-refractivity contribution is -0.131. The van der Waals surface area contributed by atoms with Crippen LogP contribution in [0.25, 0.3) is 22.5 Å². The number of rotatable bonds is 7. The van der Waals surface area contributed by atoms with Crippen LogP contribution in [0.4, 0.5) is 4.79 Å². The van der Waals surface area contributed by atoms with Gasteiger partial charge in [0, 0.05) is 12.0 Å². The number of amides is 1. The molecule has 1 saturated carbocycles. The van der Waals surface area contributed by atoms with E-state index >= 15 is 0 Å². The van der Waals surface area contributed by atoms with Crippen LogP contribution in [-0.2, 0) is 16.1 Å². The van der Waals surface area contributed by atoms with E-state index in [0.717, 1.165) is 77.8 Å². The summed E-state index contributed by atoms with van der Waals surface area (Å²) in [4.78, 5) is 33.6. The zero-order valence-corrected chi connectivity index (χ0v) is 23.2. The van der Waals surface area contributed by atoms with Crippen molar-refractivity contribution in [3.05, 3.63) is 54.1 Å². The average molecular weight is 529 g/mol. The Morgan fingerprint density at radius 3 is 2.38 bits per heavy atom. The molecule has 1 fully saturated rings. The van der Waals surface area contributed by atoms with Gasteiger partial charge in [0.1, 0.15) is 17.0 Å². The van der Waals surface area contributed by atoms with E-state index in [9.17, 15) is 9.59 Å². The van der Waals surface area contributed by atoms with E-state index in [-0.39, 0.29) is 5.91 Å². The number of ether oxygens (including phenoxy) is 1. The maximum absolute atomic E-state index is 13.5. The van der Waals surface area contributed by atoms with Crippen molar-refractivity contribution in [2.75, 3.05) is 0 Å². The van der Waals surface area contributed by atoms with Gasteiger partial charge in [0.15, 0.2) is 0 Å². The van der Waals surface area contributed by atoms with Gasteiger partial charge in [0.25, 0.3) is 5.91 Å². The van der Waals surface area contributed by atoms with Crippen molar-refractivity contribution >= 4 is 17.8 Å². The number of aromatic nitrogens is 4. The van der Waals surface area contributed by atoms with Crippen LogP contribution in [0.5, 0.6) is 0 Å². The van der Waals surface area contributed by atoms with Gasteiger partial charge in [-0.1, -0.05) is 79.5 Å². The molecule has 0 saturated heterocycles. The Kier molecular flexibility index (Phi) is 7.34. The second-order valence-corrected chi connectivity index (χ2v) is 11.4. The van der Waals surface area contributed by atoms with Crippen molar-refractivity contribution in [2.24, 2.45) is 4.99 Å². The second kappa shape index (κ2) is 10.7. The number of nitrogens with zero attached hydrogens (tertiary/aromatic N) is 6. The maximum atomic E-state index is 13.5. The summed E-state index contributed by atoms with van der Waals surface area (Å²) < 4.78 is 5.35. The van der Waals surface area contributed by atoms with Gasteiger partial charge in [-0.05, 0) is 61.9 Å². The van der Waals surface area contributed by atoms with E-state index in [0.29, 0.717) is 12.4 Å². The fourth-order valence-corrected chi connectivity index (χ4v) is 5.30. The van der Waals surface area contributed by atoms with Crippen LogP contribution in [0.1, 0.15) is 78.2 Å². The Labute approximate surface area is 229 Å². The topological polar surface area (TPSA) is 103 Å². The van der Waals surface area contributed by atoms with E-state index in [4.69, 9.17) is 9.73 Å². The van der Waals surface area contributed by atoms with Crippen LogP contribution in [0.15, 0.2) is 53.5 Å². The summed E-state index contributed by atoms with van der Waals surface area (Å²) in [6.45, 7) is 8.04. The van der Waals surface area contributed by atoms with Crippen molar-refractivity contribution < 1.29 is 14.3 Å². The lowest BCUT2D eigenvalue weighted by atomic mass is 9.97. The third kappa shape index (κ3) is 5.62. The Bertz CT molecular complexity index is 1380. The Morgan fingerprint density at radius 1 is 1.03 bits per heavy atom. The highest BCUT2D eigenvalue weighted by Gasteiger charge is 2.49. The van der Waals surface area contributed by atoms with Gasteiger partial charge < -0.3 is 4.74 Å². The molecule has 204 valence electrons. The lowest BCUT2D eigenvalue weighted by Gasteiger charge is -2.23. The van der Waals surface area contributed by atoms with E-state index < -0.39 is 17.2 Å². The summed E-state index contributed by atoms with van der Waals surface area (Å²) in [6, 6.07) is 15.9. The largest absolute Gasteiger partial charge is 0.454 e. The third-order valence-electron chi connectivity index (χ3n) is 7.23. The van der Waals surface area contributed by atoms with Crippen LogP contribution in [-0.4, -0.2) is 54.1 Å². The van der Waals surface area contributed by atoms with Crippen molar-refractivity contribution in [3.63, 3.8) is 0 Å². The molecule has 1 aliphatic carbocycles. The van der Waals surface area contributed by atoms with Crippen molar-refractivity contribution in [2.45, 2.75) is 90.3 Å². The molecule has 0 bridgehead atoms. The van der Waals surface area contributed by atoms with Gasteiger partial charge in [0.05, 0.1) is 6.54 Å². The van der Waals surface area contributed by atoms with Gasteiger partial charge in [-0.3, -0.25) is 14.7 Å². The number of aliphatic imine (C=N–C) groups is 1. The molecule has 0 unspecified atom stereocenters. The number of tetrazole rings is 1. The lowest BCUT2D eigenvalue weighted by Crippen LogP contribution is -2.40. The fourth-order valence-electron chi connectivity index (χ4n) is 5.30. The summed E-state index contributed by atoms with van der Waals surface area (Å²) in [5, 5.41) is 12.3.